The lowest BCUT2D eigenvalue weighted by Gasteiger charge is -2.30. The van der Waals surface area contributed by atoms with Crippen LogP contribution in [0.3, 0.4) is 0 Å². The second-order valence-electron chi connectivity index (χ2n) is 5.23. The molecule has 1 fully saturated rings. The first-order valence-electron chi connectivity index (χ1n) is 6.84. The molecule has 6 heteroatoms. The van der Waals surface area contributed by atoms with E-state index in [2.05, 4.69) is 0 Å². The standard InChI is InChI=1S/C14H22N2O3S/c1-11(15)12-4-3-5-14(10-12)20(17,18)16(2)13-6-8-19-9-7-13/h3-5,10-11,13H,6-9,15H2,1-2H3. The second kappa shape index (κ2) is 6.22. The number of nitrogens with zero attached hydrogens (tertiary/aromatic N) is 1. The minimum atomic E-state index is -3.47. The summed E-state index contributed by atoms with van der Waals surface area (Å²) in [5, 5.41) is 0. The van der Waals surface area contributed by atoms with E-state index in [0.29, 0.717) is 18.1 Å². The lowest BCUT2D eigenvalue weighted by Crippen LogP contribution is -2.40. The van der Waals surface area contributed by atoms with Crippen LogP contribution in [0, 0.1) is 0 Å². The van der Waals surface area contributed by atoms with Crippen molar-refractivity contribution in [3.8, 4) is 0 Å². The van der Waals surface area contributed by atoms with Gasteiger partial charge in [0.15, 0.2) is 0 Å². The van der Waals surface area contributed by atoms with Gasteiger partial charge in [-0.25, -0.2) is 8.42 Å². The third-order valence-electron chi connectivity index (χ3n) is 3.77. The molecule has 0 amide bonds. The Balaban J connectivity index is 2.27. The fourth-order valence-electron chi connectivity index (χ4n) is 2.37. The van der Waals surface area contributed by atoms with E-state index in [1.807, 2.05) is 13.0 Å². The highest BCUT2D eigenvalue weighted by atomic mass is 32.2. The minimum Gasteiger partial charge on any atom is -0.381 e. The minimum absolute atomic E-state index is 0.00714. The van der Waals surface area contributed by atoms with Crippen LogP contribution in [0.1, 0.15) is 31.4 Å². The second-order valence-corrected chi connectivity index (χ2v) is 7.22. The van der Waals surface area contributed by atoms with Crippen LogP contribution in [-0.4, -0.2) is 39.0 Å². The van der Waals surface area contributed by atoms with Gasteiger partial charge in [0.05, 0.1) is 4.90 Å². The summed E-state index contributed by atoms with van der Waals surface area (Å²) in [4.78, 5) is 0.307. The largest absolute Gasteiger partial charge is 0.381 e. The van der Waals surface area contributed by atoms with E-state index < -0.39 is 10.0 Å². The van der Waals surface area contributed by atoms with Gasteiger partial charge in [-0.05, 0) is 37.5 Å². The Morgan fingerprint density at radius 2 is 2.00 bits per heavy atom. The van der Waals surface area contributed by atoms with Crippen molar-refractivity contribution < 1.29 is 13.2 Å². The lowest BCUT2D eigenvalue weighted by atomic mass is 10.1. The van der Waals surface area contributed by atoms with Crippen molar-refractivity contribution in [3.05, 3.63) is 29.8 Å². The van der Waals surface area contributed by atoms with E-state index >= 15 is 0 Å². The van der Waals surface area contributed by atoms with Gasteiger partial charge >= 0.3 is 0 Å². The molecule has 1 aromatic rings. The molecule has 5 nitrogen and oxygen atoms in total. The average molecular weight is 298 g/mol. The predicted molar refractivity (Wildman–Crippen MR) is 77.8 cm³/mol. The molecule has 1 aromatic carbocycles. The molecule has 0 bridgehead atoms. The fraction of sp³-hybridized carbons (Fsp3) is 0.571. The molecule has 112 valence electrons. The van der Waals surface area contributed by atoms with Crippen LogP contribution in [0.5, 0.6) is 0 Å². The Morgan fingerprint density at radius 3 is 2.60 bits per heavy atom. The number of ether oxygens (including phenoxy) is 1. The van der Waals surface area contributed by atoms with Crippen molar-refractivity contribution in [2.45, 2.75) is 36.7 Å². The zero-order valence-corrected chi connectivity index (χ0v) is 12.8. The summed E-state index contributed by atoms with van der Waals surface area (Å²) < 4.78 is 32.0. The smallest absolute Gasteiger partial charge is 0.243 e. The van der Waals surface area contributed by atoms with Crippen molar-refractivity contribution in [2.24, 2.45) is 5.73 Å². The van der Waals surface area contributed by atoms with Crippen molar-refractivity contribution in [1.82, 2.24) is 4.31 Å². The van der Waals surface area contributed by atoms with Gasteiger partial charge in [-0.15, -0.1) is 0 Å². The maximum absolute atomic E-state index is 12.7. The Kier molecular flexibility index (Phi) is 4.80. The van der Waals surface area contributed by atoms with Gasteiger partial charge in [-0.1, -0.05) is 12.1 Å². The monoisotopic (exact) mass is 298 g/mol. The Morgan fingerprint density at radius 1 is 1.35 bits per heavy atom. The van der Waals surface area contributed by atoms with Crippen molar-refractivity contribution >= 4 is 10.0 Å². The summed E-state index contributed by atoms with van der Waals surface area (Å²) in [5.41, 5.74) is 6.65. The van der Waals surface area contributed by atoms with Crippen LogP contribution in [0.15, 0.2) is 29.2 Å². The van der Waals surface area contributed by atoms with E-state index in [1.54, 1.807) is 25.2 Å². The molecule has 1 saturated heterocycles. The first-order valence-corrected chi connectivity index (χ1v) is 8.28. The van der Waals surface area contributed by atoms with Crippen molar-refractivity contribution in [3.63, 3.8) is 0 Å². The summed E-state index contributed by atoms with van der Waals surface area (Å²) in [5.74, 6) is 0. The maximum Gasteiger partial charge on any atom is 0.243 e. The van der Waals surface area contributed by atoms with Gasteiger partial charge in [0.1, 0.15) is 0 Å². The third-order valence-corrected chi connectivity index (χ3v) is 5.67. The number of rotatable bonds is 4. The summed E-state index contributed by atoms with van der Waals surface area (Å²) in [6.07, 6.45) is 1.48. The van der Waals surface area contributed by atoms with Gasteiger partial charge in [0, 0.05) is 32.3 Å². The first kappa shape index (κ1) is 15.4. The SMILES string of the molecule is CC(N)c1cccc(S(=O)(=O)N(C)C2CCOCC2)c1. The highest BCUT2D eigenvalue weighted by Crippen LogP contribution is 2.23. The summed E-state index contributed by atoms with van der Waals surface area (Å²) in [6.45, 7) is 3.07. The molecule has 0 aromatic heterocycles. The number of hydrogen-bond acceptors (Lipinski definition) is 4. The van der Waals surface area contributed by atoms with E-state index in [-0.39, 0.29) is 12.1 Å². The molecule has 0 saturated carbocycles. The maximum atomic E-state index is 12.7. The third kappa shape index (κ3) is 3.20. The van der Waals surface area contributed by atoms with Crippen LogP contribution in [0.25, 0.3) is 0 Å². The molecule has 0 spiro atoms. The highest BCUT2D eigenvalue weighted by molar-refractivity contribution is 7.89. The zero-order chi connectivity index (χ0) is 14.8. The molecular weight excluding hydrogens is 276 g/mol. The highest BCUT2D eigenvalue weighted by Gasteiger charge is 2.29. The topological polar surface area (TPSA) is 72.6 Å². The van der Waals surface area contributed by atoms with Crippen molar-refractivity contribution in [2.75, 3.05) is 20.3 Å². The van der Waals surface area contributed by atoms with Crippen LogP contribution < -0.4 is 5.73 Å². The van der Waals surface area contributed by atoms with Gasteiger partial charge in [-0.2, -0.15) is 4.31 Å². The fourth-order valence-corrected chi connectivity index (χ4v) is 3.84. The normalized spacial score (nSPS) is 19.2. The number of nitrogens with two attached hydrogens (primary N) is 1. The zero-order valence-electron chi connectivity index (χ0n) is 12.0. The van der Waals surface area contributed by atoms with E-state index in [4.69, 9.17) is 10.5 Å². The van der Waals surface area contributed by atoms with E-state index in [9.17, 15) is 8.42 Å². The molecule has 1 aliphatic heterocycles. The molecule has 1 unspecified atom stereocenters. The van der Waals surface area contributed by atoms with Gasteiger partial charge in [-0.3, -0.25) is 0 Å². The Hall–Kier alpha value is -0.950. The molecule has 2 rings (SSSR count). The number of benzene rings is 1. The first-order chi connectivity index (χ1) is 9.43. The van der Waals surface area contributed by atoms with Crippen LogP contribution in [0.2, 0.25) is 0 Å². The van der Waals surface area contributed by atoms with Crippen LogP contribution in [-0.2, 0) is 14.8 Å². The van der Waals surface area contributed by atoms with Crippen LogP contribution in [0.4, 0.5) is 0 Å². The molecule has 0 aliphatic carbocycles. The molecule has 0 radical (unpaired) electrons. The molecular formula is C14H22N2O3S. The molecule has 1 aliphatic rings. The van der Waals surface area contributed by atoms with Gasteiger partial charge in [0.2, 0.25) is 10.0 Å². The van der Waals surface area contributed by atoms with Crippen LogP contribution >= 0.6 is 0 Å². The molecule has 20 heavy (non-hydrogen) atoms. The van der Waals surface area contributed by atoms with E-state index in [0.717, 1.165) is 18.4 Å². The summed E-state index contributed by atoms with van der Waals surface area (Å²) >= 11 is 0. The van der Waals surface area contributed by atoms with Gasteiger partial charge < -0.3 is 10.5 Å². The quantitative estimate of drug-likeness (QED) is 0.914. The predicted octanol–water partition coefficient (Wildman–Crippen LogP) is 1.51. The molecule has 2 N–H and O–H groups in total. The van der Waals surface area contributed by atoms with Gasteiger partial charge in [0.25, 0.3) is 0 Å². The number of hydrogen-bond donors (Lipinski definition) is 1. The van der Waals surface area contributed by atoms with E-state index in [1.165, 1.54) is 4.31 Å². The molecule has 1 heterocycles. The van der Waals surface area contributed by atoms with Crippen molar-refractivity contribution in [1.29, 1.82) is 0 Å². The molecule has 1 atom stereocenters. The number of sulfonamides is 1. The summed E-state index contributed by atoms with van der Waals surface area (Å²) in [7, 11) is -1.83. The summed E-state index contributed by atoms with van der Waals surface area (Å²) in [6, 6.07) is 6.69. The Labute approximate surface area is 120 Å². The average Bonchev–Trinajstić information content (AvgIpc) is 2.47. The Bertz CT molecular complexity index is 551. The lowest BCUT2D eigenvalue weighted by molar-refractivity contribution is 0.0632.